The lowest BCUT2D eigenvalue weighted by atomic mass is 9.54. The van der Waals surface area contributed by atoms with Crippen molar-refractivity contribution in [2.45, 2.75) is 51.5 Å². The van der Waals surface area contributed by atoms with Crippen LogP contribution in [0.15, 0.2) is 0 Å². The van der Waals surface area contributed by atoms with Crippen molar-refractivity contribution >= 4 is 11.9 Å². The SMILES string of the molecule is CCC(=O)N(CC(=O)O)C1C2CC3CC(C2)CC1C3. The molecule has 4 nitrogen and oxygen atoms in total. The number of hydrogen-bond donors (Lipinski definition) is 1. The van der Waals surface area contributed by atoms with E-state index in [1.54, 1.807) is 4.90 Å². The molecule has 106 valence electrons. The Morgan fingerprint density at radius 3 is 2.00 bits per heavy atom. The van der Waals surface area contributed by atoms with Crippen LogP contribution in [0.1, 0.15) is 45.4 Å². The third kappa shape index (κ3) is 2.26. The van der Waals surface area contributed by atoms with Gasteiger partial charge < -0.3 is 10.0 Å². The molecule has 0 saturated heterocycles. The zero-order chi connectivity index (χ0) is 13.6. The Hall–Kier alpha value is -1.06. The first kappa shape index (κ1) is 12.9. The van der Waals surface area contributed by atoms with Crippen molar-refractivity contribution in [3.63, 3.8) is 0 Å². The molecule has 4 heteroatoms. The third-order valence-corrected chi connectivity index (χ3v) is 5.47. The van der Waals surface area contributed by atoms with E-state index in [0.29, 0.717) is 18.3 Å². The number of aliphatic carboxylic acids is 1. The lowest BCUT2D eigenvalue weighted by Gasteiger charge is -2.57. The summed E-state index contributed by atoms with van der Waals surface area (Å²) in [7, 11) is 0. The normalized spacial score (nSPS) is 39.3. The molecule has 4 aliphatic rings. The minimum Gasteiger partial charge on any atom is -0.480 e. The molecule has 4 aliphatic carbocycles. The summed E-state index contributed by atoms with van der Waals surface area (Å²) in [5.74, 6) is 1.96. The maximum Gasteiger partial charge on any atom is 0.323 e. The van der Waals surface area contributed by atoms with Crippen LogP contribution in [0, 0.1) is 23.7 Å². The van der Waals surface area contributed by atoms with E-state index in [0.717, 1.165) is 11.8 Å². The highest BCUT2D eigenvalue weighted by molar-refractivity contribution is 5.81. The van der Waals surface area contributed by atoms with Gasteiger partial charge in [0.2, 0.25) is 5.91 Å². The van der Waals surface area contributed by atoms with Gasteiger partial charge in [-0.05, 0) is 55.8 Å². The molecule has 0 aromatic heterocycles. The van der Waals surface area contributed by atoms with Crippen LogP contribution in [0.25, 0.3) is 0 Å². The average molecular weight is 265 g/mol. The fraction of sp³-hybridized carbons (Fsp3) is 0.867. The Balaban J connectivity index is 1.81. The summed E-state index contributed by atoms with van der Waals surface area (Å²) in [5.41, 5.74) is 0. The zero-order valence-corrected chi connectivity index (χ0v) is 11.5. The molecule has 4 fully saturated rings. The summed E-state index contributed by atoms with van der Waals surface area (Å²) in [6.07, 6.45) is 6.64. The predicted octanol–water partition coefficient (Wildman–Crippen LogP) is 2.13. The van der Waals surface area contributed by atoms with Crippen LogP contribution in [0.3, 0.4) is 0 Å². The van der Waals surface area contributed by atoms with Crippen molar-refractivity contribution in [2.75, 3.05) is 6.54 Å². The molecule has 19 heavy (non-hydrogen) atoms. The lowest BCUT2D eigenvalue weighted by molar-refractivity contribution is -0.153. The van der Waals surface area contributed by atoms with E-state index >= 15 is 0 Å². The number of amides is 1. The second-order valence-corrected chi connectivity index (χ2v) is 6.69. The predicted molar refractivity (Wildman–Crippen MR) is 70.5 cm³/mol. The molecule has 0 spiro atoms. The molecule has 4 bridgehead atoms. The molecule has 0 heterocycles. The number of carboxylic acid groups (broad SMARTS) is 1. The highest BCUT2D eigenvalue weighted by atomic mass is 16.4. The van der Waals surface area contributed by atoms with E-state index in [-0.39, 0.29) is 18.5 Å². The summed E-state index contributed by atoms with van der Waals surface area (Å²) in [6.45, 7) is 1.72. The summed E-state index contributed by atoms with van der Waals surface area (Å²) in [5, 5.41) is 9.09. The van der Waals surface area contributed by atoms with E-state index < -0.39 is 5.97 Å². The first-order valence-electron chi connectivity index (χ1n) is 7.59. The Labute approximate surface area is 114 Å². The van der Waals surface area contributed by atoms with Crippen molar-refractivity contribution in [3.8, 4) is 0 Å². The van der Waals surface area contributed by atoms with E-state index in [2.05, 4.69) is 0 Å². The molecule has 0 aromatic carbocycles. The second-order valence-electron chi connectivity index (χ2n) is 6.69. The fourth-order valence-corrected chi connectivity index (χ4v) is 5.11. The number of hydrogen-bond acceptors (Lipinski definition) is 2. The standard InChI is InChI=1S/C15H23NO3/c1-2-13(17)16(8-14(18)19)15-11-4-9-3-10(6-11)7-12(15)5-9/h9-12,15H,2-8H2,1H3,(H,18,19). The Morgan fingerprint density at radius 1 is 1.05 bits per heavy atom. The van der Waals surface area contributed by atoms with Crippen LogP contribution in [0.4, 0.5) is 0 Å². The van der Waals surface area contributed by atoms with Crippen molar-refractivity contribution in [3.05, 3.63) is 0 Å². The average Bonchev–Trinajstić information content (AvgIpc) is 2.34. The Kier molecular flexibility index (Phi) is 3.27. The molecule has 1 amide bonds. The van der Waals surface area contributed by atoms with E-state index in [9.17, 15) is 9.59 Å². The van der Waals surface area contributed by atoms with Gasteiger partial charge in [0.15, 0.2) is 0 Å². The maximum atomic E-state index is 12.1. The topological polar surface area (TPSA) is 57.6 Å². The van der Waals surface area contributed by atoms with Crippen LogP contribution in [0.2, 0.25) is 0 Å². The van der Waals surface area contributed by atoms with Crippen molar-refractivity contribution < 1.29 is 14.7 Å². The molecular weight excluding hydrogens is 242 g/mol. The summed E-state index contributed by atoms with van der Waals surface area (Å²) >= 11 is 0. The van der Waals surface area contributed by atoms with Crippen molar-refractivity contribution in [1.82, 2.24) is 4.90 Å². The van der Waals surface area contributed by atoms with Crippen LogP contribution in [-0.2, 0) is 9.59 Å². The molecule has 0 radical (unpaired) electrons. The van der Waals surface area contributed by atoms with Gasteiger partial charge in [-0.25, -0.2) is 0 Å². The van der Waals surface area contributed by atoms with Crippen LogP contribution in [-0.4, -0.2) is 34.5 Å². The molecular formula is C15H23NO3. The second kappa shape index (κ2) is 4.80. The van der Waals surface area contributed by atoms with Crippen molar-refractivity contribution in [2.24, 2.45) is 23.7 Å². The molecule has 0 atom stereocenters. The maximum absolute atomic E-state index is 12.1. The zero-order valence-electron chi connectivity index (χ0n) is 11.5. The lowest BCUT2D eigenvalue weighted by Crippen LogP contribution is -2.58. The Morgan fingerprint density at radius 2 is 1.58 bits per heavy atom. The number of nitrogens with zero attached hydrogens (tertiary/aromatic N) is 1. The first-order chi connectivity index (χ1) is 9.08. The van der Waals surface area contributed by atoms with Gasteiger partial charge in [0.05, 0.1) is 0 Å². The summed E-state index contributed by atoms with van der Waals surface area (Å²) < 4.78 is 0. The van der Waals surface area contributed by atoms with E-state index in [1.807, 2.05) is 6.92 Å². The van der Waals surface area contributed by atoms with Gasteiger partial charge >= 0.3 is 5.97 Å². The van der Waals surface area contributed by atoms with Gasteiger partial charge in [-0.15, -0.1) is 0 Å². The number of carboxylic acids is 1. The molecule has 1 N–H and O–H groups in total. The van der Waals surface area contributed by atoms with Crippen LogP contribution < -0.4 is 0 Å². The smallest absolute Gasteiger partial charge is 0.323 e. The van der Waals surface area contributed by atoms with Gasteiger partial charge in [0, 0.05) is 12.5 Å². The molecule has 4 rings (SSSR count). The quantitative estimate of drug-likeness (QED) is 0.847. The Bertz CT molecular complexity index is 365. The van der Waals surface area contributed by atoms with Gasteiger partial charge in [-0.2, -0.15) is 0 Å². The number of rotatable bonds is 4. The van der Waals surface area contributed by atoms with E-state index in [4.69, 9.17) is 5.11 Å². The molecule has 0 aromatic rings. The van der Waals surface area contributed by atoms with Crippen LogP contribution >= 0.6 is 0 Å². The summed E-state index contributed by atoms with van der Waals surface area (Å²) in [6, 6.07) is 0.205. The van der Waals surface area contributed by atoms with Gasteiger partial charge in [0.25, 0.3) is 0 Å². The third-order valence-electron chi connectivity index (χ3n) is 5.47. The minimum atomic E-state index is -0.879. The molecule has 0 unspecified atom stereocenters. The van der Waals surface area contributed by atoms with Crippen LogP contribution in [0.5, 0.6) is 0 Å². The number of carbonyl (C=O) groups excluding carboxylic acids is 1. The largest absolute Gasteiger partial charge is 0.480 e. The first-order valence-corrected chi connectivity index (χ1v) is 7.59. The molecule has 4 saturated carbocycles. The van der Waals surface area contributed by atoms with Gasteiger partial charge in [-0.1, -0.05) is 6.92 Å². The monoisotopic (exact) mass is 265 g/mol. The van der Waals surface area contributed by atoms with Crippen molar-refractivity contribution in [1.29, 1.82) is 0 Å². The highest BCUT2D eigenvalue weighted by Crippen LogP contribution is 2.55. The highest BCUT2D eigenvalue weighted by Gasteiger charge is 2.51. The fourth-order valence-electron chi connectivity index (χ4n) is 5.11. The van der Waals surface area contributed by atoms with Gasteiger partial charge in [0.1, 0.15) is 6.54 Å². The number of carbonyl (C=O) groups is 2. The minimum absolute atomic E-state index is 0.0138. The summed E-state index contributed by atoms with van der Waals surface area (Å²) in [4.78, 5) is 24.9. The van der Waals surface area contributed by atoms with Gasteiger partial charge in [-0.3, -0.25) is 9.59 Å². The molecule has 0 aliphatic heterocycles. The van der Waals surface area contributed by atoms with E-state index in [1.165, 1.54) is 32.1 Å².